The molecular weight excluding hydrogens is 288 g/mol. The monoisotopic (exact) mass is 338 g/mol. The molecule has 0 aliphatic heterocycles. The second-order valence-electron chi connectivity index (χ2n) is 8.18. The summed E-state index contributed by atoms with van der Waals surface area (Å²) in [6, 6.07) is 0. The van der Waals surface area contributed by atoms with Gasteiger partial charge < -0.3 is 0 Å². The van der Waals surface area contributed by atoms with E-state index in [1.54, 1.807) is 0 Å². The summed E-state index contributed by atoms with van der Waals surface area (Å²) in [5.41, 5.74) is 0. The van der Waals surface area contributed by atoms with Crippen LogP contribution < -0.4 is 0 Å². The van der Waals surface area contributed by atoms with Gasteiger partial charge in [-0.15, -0.1) is 0 Å². The standard InChI is InChI=1S/C24H50/c1-4-7-9-11-12-13-14-15-16-18-20-23-24(21-6-3)22-19-17-10-8-5-2/h24H,4-23H2,1-3H3. The summed E-state index contributed by atoms with van der Waals surface area (Å²) in [4.78, 5) is 0. The molecule has 0 bridgehead atoms. The summed E-state index contributed by atoms with van der Waals surface area (Å²) < 4.78 is 0. The molecule has 0 saturated heterocycles. The van der Waals surface area contributed by atoms with Gasteiger partial charge in [0, 0.05) is 0 Å². The Hall–Kier alpha value is 0. The second kappa shape index (κ2) is 21.0. The lowest BCUT2D eigenvalue weighted by atomic mass is 9.90. The van der Waals surface area contributed by atoms with Crippen molar-refractivity contribution in [2.24, 2.45) is 5.92 Å². The van der Waals surface area contributed by atoms with Gasteiger partial charge >= 0.3 is 0 Å². The van der Waals surface area contributed by atoms with Gasteiger partial charge in [-0.1, -0.05) is 149 Å². The molecule has 1 unspecified atom stereocenters. The Morgan fingerprint density at radius 2 is 0.667 bits per heavy atom. The maximum atomic E-state index is 2.37. The van der Waals surface area contributed by atoms with Crippen LogP contribution in [0.1, 0.15) is 149 Å². The largest absolute Gasteiger partial charge is 0.0654 e. The summed E-state index contributed by atoms with van der Waals surface area (Å²) in [6.45, 7) is 6.98. The van der Waals surface area contributed by atoms with Gasteiger partial charge in [0.05, 0.1) is 0 Å². The van der Waals surface area contributed by atoms with Crippen LogP contribution in [-0.2, 0) is 0 Å². The summed E-state index contributed by atoms with van der Waals surface area (Å²) in [5.74, 6) is 1.04. The summed E-state index contributed by atoms with van der Waals surface area (Å²) in [7, 11) is 0. The lowest BCUT2D eigenvalue weighted by Crippen LogP contribution is -2.00. The highest BCUT2D eigenvalue weighted by Crippen LogP contribution is 2.23. The molecule has 146 valence electrons. The average Bonchev–Trinajstić information content (AvgIpc) is 2.59. The molecule has 0 radical (unpaired) electrons. The fourth-order valence-electron chi connectivity index (χ4n) is 3.98. The predicted molar refractivity (Wildman–Crippen MR) is 113 cm³/mol. The first-order chi connectivity index (χ1) is 11.8. The van der Waals surface area contributed by atoms with E-state index in [0.717, 1.165) is 5.92 Å². The lowest BCUT2D eigenvalue weighted by molar-refractivity contribution is 0.377. The van der Waals surface area contributed by atoms with E-state index >= 15 is 0 Å². The fraction of sp³-hybridized carbons (Fsp3) is 1.00. The highest BCUT2D eigenvalue weighted by Gasteiger charge is 2.07. The summed E-state index contributed by atoms with van der Waals surface area (Å²) >= 11 is 0. The van der Waals surface area contributed by atoms with Crippen LogP contribution in [0.3, 0.4) is 0 Å². The third-order valence-electron chi connectivity index (χ3n) is 5.63. The zero-order valence-corrected chi connectivity index (χ0v) is 17.7. The highest BCUT2D eigenvalue weighted by molar-refractivity contribution is 4.60. The van der Waals surface area contributed by atoms with Gasteiger partial charge in [0.15, 0.2) is 0 Å². The summed E-state index contributed by atoms with van der Waals surface area (Å²) in [6.07, 6.45) is 29.3. The minimum Gasteiger partial charge on any atom is -0.0654 e. The molecule has 0 aromatic carbocycles. The highest BCUT2D eigenvalue weighted by atomic mass is 14.1. The SMILES string of the molecule is CCCCCCCCCCCCCC(CCC)CCCCCCC. The number of rotatable bonds is 20. The first-order valence-electron chi connectivity index (χ1n) is 11.8. The molecule has 0 spiro atoms. The van der Waals surface area contributed by atoms with Crippen molar-refractivity contribution in [3.63, 3.8) is 0 Å². The van der Waals surface area contributed by atoms with Gasteiger partial charge in [-0.2, -0.15) is 0 Å². The van der Waals surface area contributed by atoms with E-state index in [1.807, 2.05) is 0 Å². The average molecular weight is 339 g/mol. The van der Waals surface area contributed by atoms with Crippen LogP contribution in [0, 0.1) is 5.92 Å². The molecule has 24 heavy (non-hydrogen) atoms. The van der Waals surface area contributed by atoms with Crippen LogP contribution in [0.4, 0.5) is 0 Å². The Morgan fingerprint density at radius 3 is 1.00 bits per heavy atom. The van der Waals surface area contributed by atoms with Crippen LogP contribution >= 0.6 is 0 Å². The third kappa shape index (κ3) is 18.3. The molecule has 0 N–H and O–H groups in total. The molecule has 0 aromatic heterocycles. The first-order valence-corrected chi connectivity index (χ1v) is 11.8. The molecule has 0 heterocycles. The Kier molecular flexibility index (Phi) is 21.0. The fourth-order valence-corrected chi connectivity index (χ4v) is 3.98. The van der Waals surface area contributed by atoms with Gasteiger partial charge in [0.25, 0.3) is 0 Å². The molecule has 0 rings (SSSR count). The molecule has 0 aliphatic rings. The van der Waals surface area contributed by atoms with Crippen molar-refractivity contribution in [3.8, 4) is 0 Å². The molecule has 0 nitrogen and oxygen atoms in total. The molecule has 1 atom stereocenters. The summed E-state index contributed by atoms with van der Waals surface area (Å²) in [5, 5.41) is 0. The van der Waals surface area contributed by atoms with E-state index < -0.39 is 0 Å². The molecule has 0 amide bonds. The normalized spacial score (nSPS) is 12.6. The topological polar surface area (TPSA) is 0 Å². The molecule has 0 fully saturated rings. The second-order valence-corrected chi connectivity index (χ2v) is 8.18. The lowest BCUT2D eigenvalue weighted by Gasteiger charge is -2.16. The van der Waals surface area contributed by atoms with Crippen molar-refractivity contribution in [2.75, 3.05) is 0 Å². The zero-order valence-electron chi connectivity index (χ0n) is 17.7. The van der Waals surface area contributed by atoms with Crippen molar-refractivity contribution in [1.82, 2.24) is 0 Å². The Morgan fingerprint density at radius 1 is 0.333 bits per heavy atom. The maximum absolute atomic E-state index is 2.37. The minimum absolute atomic E-state index is 1.04. The van der Waals surface area contributed by atoms with Crippen LogP contribution in [-0.4, -0.2) is 0 Å². The molecule has 0 aliphatic carbocycles. The van der Waals surface area contributed by atoms with Crippen molar-refractivity contribution < 1.29 is 0 Å². The maximum Gasteiger partial charge on any atom is -0.0414 e. The smallest absolute Gasteiger partial charge is 0.0414 e. The molecule has 0 aromatic rings. The van der Waals surface area contributed by atoms with E-state index in [-0.39, 0.29) is 0 Å². The van der Waals surface area contributed by atoms with Crippen molar-refractivity contribution >= 4 is 0 Å². The molecule has 0 saturated carbocycles. The number of hydrogen-bond acceptors (Lipinski definition) is 0. The minimum atomic E-state index is 1.04. The van der Waals surface area contributed by atoms with Crippen LogP contribution in [0.25, 0.3) is 0 Å². The first kappa shape index (κ1) is 24.0. The van der Waals surface area contributed by atoms with Gasteiger partial charge in [0.1, 0.15) is 0 Å². The van der Waals surface area contributed by atoms with Gasteiger partial charge in [-0.25, -0.2) is 0 Å². The van der Waals surface area contributed by atoms with E-state index in [9.17, 15) is 0 Å². The van der Waals surface area contributed by atoms with Gasteiger partial charge in [-0.05, 0) is 5.92 Å². The quantitative estimate of drug-likeness (QED) is 0.194. The number of hydrogen-bond donors (Lipinski definition) is 0. The molecular formula is C24H50. The van der Waals surface area contributed by atoms with E-state index in [4.69, 9.17) is 0 Å². The third-order valence-corrected chi connectivity index (χ3v) is 5.63. The number of unbranched alkanes of at least 4 members (excludes halogenated alkanes) is 14. The van der Waals surface area contributed by atoms with Crippen molar-refractivity contribution in [2.45, 2.75) is 149 Å². The zero-order chi connectivity index (χ0) is 17.7. The van der Waals surface area contributed by atoms with Crippen LogP contribution in [0.5, 0.6) is 0 Å². The van der Waals surface area contributed by atoms with E-state index in [1.165, 1.54) is 128 Å². The van der Waals surface area contributed by atoms with Crippen LogP contribution in [0.15, 0.2) is 0 Å². The Bertz CT molecular complexity index is 208. The van der Waals surface area contributed by atoms with Gasteiger partial charge in [0.2, 0.25) is 0 Å². The van der Waals surface area contributed by atoms with E-state index in [0.29, 0.717) is 0 Å². The van der Waals surface area contributed by atoms with Crippen molar-refractivity contribution in [3.05, 3.63) is 0 Å². The van der Waals surface area contributed by atoms with Gasteiger partial charge in [-0.3, -0.25) is 0 Å². The van der Waals surface area contributed by atoms with Crippen molar-refractivity contribution in [1.29, 1.82) is 0 Å². The predicted octanol–water partition coefficient (Wildman–Crippen LogP) is 9.46. The van der Waals surface area contributed by atoms with Crippen LogP contribution in [0.2, 0.25) is 0 Å². The Balaban J connectivity index is 3.37. The van der Waals surface area contributed by atoms with E-state index in [2.05, 4.69) is 20.8 Å². The molecule has 0 heteroatoms. The Labute approximate surface area is 155 Å².